The molecule has 0 bridgehead atoms. The molecule has 3 aromatic rings. The van der Waals surface area contributed by atoms with Crippen molar-refractivity contribution < 1.29 is 4.42 Å². The van der Waals surface area contributed by atoms with Crippen molar-refractivity contribution in [3.63, 3.8) is 0 Å². The summed E-state index contributed by atoms with van der Waals surface area (Å²) in [5.74, 6) is 0. The fraction of sp³-hybridized carbons (Fsp3) is 0.333. The molecule has 0 aliphatic heterocycles. The highest BCUT2D eigenvalue weighted by atomic mass is 28.3. The molecule has 0 atom stereocenters. The Kier molecular flexibility index (Phi) is 3.19. The third kappa shape index (κ3) is 2.38. The third-order valence-corrected chi connectivity index (χ3v) is 8.16. The van der Waals surface area contributed by atoms with Crippen LogP contribution in [0.3, 0.4) is 0 Å². The standard InChI is InChI=1S/C18H24OSi2/c1-20(2,3)15-11-7-9-13-14-10-8-12-16(21(4,5)6)18(14)19-17(13)15/h7-12H,1-6H3. The average molecular weight is 313 g/mol. The van der Waals surface area contributed by atoms with Crippen molar-refractivity contribution in [3.05, 3.63) is 36.4 Å². The van der Waals surface area contributed by atoms with Crippen molar-refractivity contribution in [1.29, 1.82) is 0 Å². The van der Waals surface area contributed by atoms with Crippen molar-refractivity contribution in [2.75, 3.05) is 0 Å². The summed E-state index contributed by atoms with van der Waals surface area (Å²) < 4.78 is 6.44. The molecule has 0 radical (unpaired) electrons. The van der Waals surface area contributed by atoms with E-state index in [9.17, 15) is 0 Å². The number of fused-ring (bicyclic) bond motifs is 3. The Morgan fingerprint density at radius 2 is 1.00 bits per heavy atom. The predicted octanol–water partition coefficient (Wildman–Crippen LogP) is 4.68. The maximum absolute atomic E-state index is 6.44. The zero-order chi connectivity index (χ0) is 15.4. The topological polar surface area (TPSA) is 13.1 Å². The fourth-order valence-corrected chi connectivity index (χ4v) is 5.93. The van der Waals surface area contributed by atoms with Crippen LogP contribution < -0.4 is 10.4 Å². The first-order valence-corrected chi connectivity index (χ1v) is 14.6. The monoisotopic (exact) mass is 312 g/mol. The van der Waals surface area contributed by atoms with Gasteiger partial charge in [-0.15, -0.1) is 0 Å². The van der Waals surface area contributed by atoms with Crippen molar-refractivity contribution in [2.45, 2.75) is 39.3 Å². The van der Waals surface area contributed by atoms with E-state index in [1.54, 1.807) is 0 Å². The Labute approximate surface area is 129 Å². The molecule has 0 saturated carbocycles. The van der Waals surface area contributed by atoms with E-state index in [1.165, 1.54) is 21.1 Å². The van der Waals surface area contributed by atoms with Gasteiger partial charge in [0.25, 0.3) is 0 Å². The Balaban J connectivity index is 2.46. The molecule has 0 amide bonds. The molecule has 0 N–H and O–H groups in total. The lowest BCUT2D eigenvalue weighted by Gasteiger charge is -2.17. The molecular formula is C18H24OSi2. The normalized spacial score (nSPS) is 13.2. The minimum Gasteiger partial charge on any atom is -0.456 e. The zero-order valence-corrected chi connectivity index (χ0v) is 15.9. The lowest BCUT2D eigenvalue weighted by molar-refractivity contribution is 0.673. The summed E-state index contributed by atoms with van der Waals surface area (Å²) in [5.41, 5.74) is 2.25. The van der Waals surface area contributed by atoms with E-state index in [-0.39, 0.29) is 0 Å². The summed E-state index contributed by atoms with van der Waals surface area (Å²) in [6.45, 7) is 14.3. The van der Waals surface area contributed by atoms with Crippen LogP contribution in [0.4, 0.5) is 0 Å². The highest BCUT2D eigenvalue weighted by Gasteiger charge is 2.25. The largest absolute Gasteiger partial charge is 0.456 e. The third-order valence-electron chi connectivity index (χ3n) is 4.14. The summed E-state index contributed by atoms with van der Waals surface area (Å²) in [6, 6.07) is 13.3. The molecule has 0 saturated heterocycles. The number of furan rings is 1. The molecule has 21 heavy (non-hydrogen) atoms. The van der Waals surface area contributed by atoms with Gasteiger partial charge in [0.1, 0.15) is 11.2 Å². The molecule has 2 aromatic carbocycles. The number of hydrogen-bond acceptors (Lipinski definition) is 1. The van der Waals surface area contributed by atoms with E-state index in [0.717, 1.165) is 11.2 Å². The molecule has 0 fully saturated rings. The van der Waals surface area contributed by atoms with Crippen LogP contribution >= 0.6 is 0 Å². The number of para-hydroxylation sites is 2. The summed E-state index contributed by atoms with van der Waals surface area (Å²) in [7, 11) is -2.81. The summed E-state index contributed by atoms with van der Waals surface area (Å²) >= 11 is 0. The first kappa shape index (κ1) is 14.6. The second kappa shape index (κ2) is 4.58. The predicted molar refractivity (Wildman–Crippen MR) is 99.7 cm³/mol. The van der Waals surface area contributed by atoms with Crippen LogP contribution in [-0.4, -0.2) is 16.1 Å². The number of hydrogen-bond donors (Lipinski definition) is 0. The van der Waals surface area contributed by atoms with Crippen LogP contribution in [0.2, 0.25) is 39.3 Å². The van der Waals surface area contributed by atoms with Crippen molar-refractivity contribution in [3.8, 4) is 0 Å². The van der Waals surface area contributed by atoms with Crippen LogP contribution in [0.1, 0.15) is 0 Å². The minimum absolute atomic E-state index is 1.12. The lowest BCUT2D eigenvalue weighted by atomic mass is 10.1. The maximum atomic E-state index is 6.44. The number of benzene rings is 2. The first-order chi connectivity index (χ1) is 9.69. The number of rotatable bonds is 2. The molecule has 3 rings (SSSR count). The first-order valence-electron chi connectivity index (χ1n) is 7.65. The van der Waals surface area contributed by atoms with Gasteiger partial charge in [-0.2, -0.15) is 0 Å². The van der Waals surface area contributed by atoms with Gasteiger partial charge in [0, 0.05) is 10.8 Å². The molecule has 1 heterocycles. The molecular weight excluding hydrogens is 288 g/mol. The van der Waals surface area contributed by atoms with Gasteiger partial charge < -0.3 is 4.42 Å². The molecule has 0 aliphatic rings. The van der Waals surface area contributed by atoms with Gasteiger partial charge in [0.15, 0.2) is 0 Å². The smallest absolute Gasteiger partial charge is 0.134 e. The highest BCUT2D eigenvalue weighted by molar-refractivity contribution is 6.91. The van der Waals surface area contributed by atoms with Gasteiger partial charge in [-0.1, -0.05) is 75.7 Å². The van der Waals surface area contributed by atoms with E-state index in [0.29, 0.717) is 0 Å². The molecule has 0 unspecified atom stereocenters. The van der Waals surface area contributed by atoms with Crippen molar-refractivity contribution in [1.82, 2.24) is 0 Å². The average Bonchev–Trinajstić information content (AvgIpc) is 2.74. The van der Waals surface area contributed by atoms with Gasteiger partial charge >= 0.3 is 0 Å². The van der Waals surface area contributed by atoms with Gasteiger partial charge in [0.05, 0.1) is 16.1 Å². The Hall–Kier alpha value is -1.33. The molecule has 3 heteroatoms. The van der Waals surface area contributed by atoms with Crippen LogP contribution in [0.15, 0.2) is 40.8 Å². The maximum Gasteiger partial charge on any atom is 0.134 e. The van der Waals surface area contributed by atoms with Crippen molar-refractivity contribution >= 4 is 48.5 Å². The van der Waals surface area contributed by atoms with Crippen LogP contribution in [-0.2, 0) is 0 Å². The summed E-state index contributed by atoms with van der Waals surface area (Å²) in [6.07, 6.45) is 0. The SMILES string of the molecule is C[Si](C)(C)c1cccc2c1oc1c([Si](C)(C)C)cccc12. The van der Waals surface area contributed by atoms with Gasteiger partial charge in [-0.05, 0) is 10.4 Å². The van der Waals surface area contributed by atoms with Crippen LogP contribution in [0.25, 0.3) is 21.9 Å². The van der Waals surface area contributed by atoms with Gasteiger partial charge in [0.2, 0.25) is 0 Å². The molecule has 0 aliphatic carbocycles. The second-order valence-corrected chi connectivity index (χ2v) is 18.0. The van der Waals surface area contributed by atoms with Gasteiger partial charge in [-0.25, -0.2) is 0 Å². The molecule has 1 aromatic heterocycles. The molecule has 0 spiro atoms. The van der Waals surface area contributed by atoms with E-state index in [1.807, 2.05) is 0 Å². The molecule has 1 nitrogen and oxygen atoms in total. The Morgan fingerprint density at radius 1 is 0.619 bits per heavy atom. The van der Waals surface area contributed by atoms with E-state index in [2.05, 4.69) is 75.7 Å². The van der Waals surface area contributed by atoms with Crippen LogP contribution in [0, 0.1) is 0 Å². The quantitative estimate of drug-likeness (QED) is 0.626. The second-order valence-electron chi connectivity index (χ2n) is 7.97. The van der Waals surface area contributed by atoms with Crippen LogP contribution in [0.5, 0.6) is 0 Å². The summed E-state index contributed by atoms with van der Waals surface area (Å²) in [4.78, 5) is 0. The Morgan fingerprint density at radius 3 is 1.33 bits per heavy atom. The molecule has 110 valence electrons. The van der Waals surface area contributed by atoms with E-state index < -0.39 is 16.1 Å². The Bertz CT molecular complexity index is 748. The minimum atomic E-state index is -1.41. The van der Waals surface area contributed by atoms with Crippen molar-refractivity contribution in [2.24, 2.45) is 0 Å². The van der Waals surface area contributed by atoms with Gasteiger partial charge in [-0.3, -0.25) is 0 Å². The van der Waals surface area contributed by atoms with E-state index in [4.69, 9.17) is 4.42 Å². The highest BCUT2D eigenvalue weighted by Crippen LogP contribution is 2.29. The zero-order valence-electron chi connectivity index (χ0n) is 13.9. The van der Waals surface area contributed by atoms with E-state index >= 15 is 0 Å². The summed E-state index contributed by atoms with van der Waals surface area (Å²) in [5, 5.41) is 5.42. The lowest BCUT2D eigenvalue weighted by Crippen LogP contribution is -2.38. The fourth-order valence-electron chi connectivity index (χ4n) is 3.00.